The molecule has 39 heavy (non-hydrogen) atoms. The van der Waals surface area contributed by atoms with E-state index in [1.807, 2.05) is 26.0 Å². The van der Waals surface area contributed by atoms with Crippen LogP contribution >= 0.6 is 0 Å². The van der Waals surface area contributed by atoms with Gasteiger partial charge in [0.2, 0.25) is 0 Å². The summed E-state index contributed by atoms with van der Waals surface area (Å²) in [6, 6.07) is 19.1. The predicted octanol–water partition coefficient (Wildman–Crippen LogP) is 9.36. The third-order valence-electron chi connectivity index (χ3n) is 6.53. The number of anilines is 1. The summed E-state index contributed by atoms with van der Waals surface area (Å²) >= 11 is 0. The molecular formula is C30H25F6NO2. The van der Waals surface area contributed by atoms with Crippen LogP contribution in [-0.4, -0.2) is 6.18 Å². The molecule has 2 N–H and O–H groups in total. The Kier molecular flexibility index (Phi) is 7.29. The van der Waals surface area contributed by atoms with Gasteiger partial charge in [-0.2, -0.15) is 26.3 Å². The molecule has 0 bridgehead atoms. The van der Waals surface area contributed by atoms with Crippen LogP contribution in [0, 0.1) is 13.8 Å². The summed E-state index contributed by atoms with van der Waals surface area (Å²) < 4.78 is 94.8. The maximum absolute atomic E-state index is 14.5. The molecule has 0 amide bonds. The molecule has 0 aliphatic heterocycles. The molecule has 3 nitrogen and oxygen atoms in total. The molecule has 4 aromatic rings. The monoisotopic (exact) mass is 545 g/mol. The molecule has 1 atom stereocenters. The second-order valence-electron chi connectivity index (χ2n) is 9.40. The number of rotatable bonds is 6. The van der Waals surface area contributed by atoms with Gasteiger partial charge in [0.15, 0.2) is 0 Å². The van der Waals surface area contributed by atoms with Gasteiger partial charge in [-0.1, -0.05) is 42.0 Å². The quantitative estimate of drug-likeness (QED) is 0.194. The van der Waals surface area contributed by atoms with Gasteiger partial charge in [-0.15, -0.1) is 0 Å². The Morgan fingerprint density at radius 1 is 0.615 bits per heavy atom. The minimum absolute atomic E-state index is 0.0328. The van der Waals surface area contributed by atoms with Crippen molar-refractivity contribution in [1.29, 1.82) is 0 Å². The second kappa shape index (κ2) is 10.2. The Hall–Kier alpha value is -4.14. The third-order valence-corrected chi connectivity index (χ3v) is 6.53. The maximum Gasteiger partial charge on any atom is 0.420 e. The number of halogens is 6. The molecule has 0 saturated carbocycles. The van der Waals surface area contributed by atoms with Crippen LogP contribution in [0.2, 0.25) is 0 Å². The molecule has 0 spiro atoms. The smallest absolute Gasteiger partial charge is 0.420 e. The first kappa shape index (κ1) is 27.9. The molecule has 0 saturated heterocycles. The molecule has 0 heterocycles. The molecule has 4 rings (SSSR count). The van der Waals surface area contributed by atoms with E-state index in [0.29, 0.717) is 11.5 Å². The molecule has 0 aliphatic rings. The van der Waals surface area contributed by atoms with E-state index in [1.165, 1.54) is 54.6 Å². The largest absolute Gasteiger partial charge is 0.457 e. The van der Waals surface area contributed by atoms with Crippen LogP contribution in [0.15, 0.2) is 84.9 Å². The first-order chi connectivity index (χ1) is 18.2. The Bertz CT molecular complexity index is 1460. The number of benzene rings is 4. The van der Waals surface area contributed by atoms with E-state index in [1.54, 1.807) is 6.07 Å². The van der Waals surface area contributed by atoms with Crippen molar-refractivity contribution in [3.63, 3.8) is 0 Å². The molecule has 0 fully saturated rings. The van der Waals surface area contributed by atoms with Crippen LogP contribution in [0.5, 0.6) is 23.0 Å². The van der Waals surface area contributed by atoms with Crippen molar-refractivity contribution < 1.29 is 35.8 Å². The summed E-state index contributed by atoms with van der Waals surface area (Å²) in [6.45, 7) is 4.87. The van der Waals surface area contributed by atoms with Crippen LogP contribution < -0.4 is 15.2 Å². The van der Waals surface area contributed by atoms with E-state index in [9.17, 15) is 26.3 Å². The number of nitrogen functional groups attached to an aromatic ring is 1. The lowest BCUT2D eigenvalue weighted by Gasteiger charge is -2.33. The molecule has 204 valence electrons. The van der Waals surface area contributed by atoms with Crippen molar-refractivity contribution in [2.24, 2.45) is 0 Å². The number of aryl methyl sites for hydroxylation is 2. The molecule has 9 heteroatoms. The first-order valence-corrected chi connectivity index (χ1v) is 11.9. The SMILES string of the molecule is Cc1ccc(Oc2ccc(C(C)(c3ccc(Oc4ccc(N)cc4C(F)(F)F)cc3)C(F)(F)F)cc2)c(C)c1. The van der Waals surface area contributed by atoms with Gasteiger partial charge in [0.1, 0.15) is 34.0 Å². The summed E-state index contributed by atoms with van der Waals surface area (Å²) in [4.78, 5) is 0. The second-order valence-corrected chi connectivity index (χ2v) is 9.40. The summed E-state index contributed by atoms with van der Waals surface area (Å²) in [5.74, 6) is 0.401. The van der Waals surface area contributed by atoms with Crippen molar-refractivity contribution >= 4 is 5.69 Å². The van der Waals surface area contributed by atoms with Crippen molar-refractivity contribution in [2.45, 2.75) is 38.5 Å². The average molecular weight is 546 g/mol. The molecule has 0 aliphatic carbocycles. The van der Waals surface area contributed by atoms with Crippen LogP contribution in [0.3, 0.4) is 0 Å². The number of alkyl halides is 6. The highest BCUT2D eigenvalue weighted by molar-refractivity contribution is 5.51. The van der Waals surface area contributed by atoms with E-state index in [-0.39, 0.29) is 22.6 Å². The first-order valence-electron chi connectivity index (χ1n) is 11.9. The normalized spacial score (nSPS) is 13.6. The topological polar surface area (TPSA) is 44.5 Å². The van der Waals surface area contributed by atoms with Crippen LogP contribution in [0.4, 0.5) is 32.0 Å². The van der Waals surface area contributed by atoms with E-state index in [2.05, 4.69) is 0 Å². The Balaban J connectivity index is 1.62. The van der Waals surface area contributed by atoms with Gasteiger partial charge in [0.25, 0.3) is 0 Å². The molecule has 1 unspecified atom stereocenters. The lowest BCUT2D eigenvalue weighted by molar-refractivity contribution is -0.173. The zero-order valence-corrected chi connectivity index (χ0v) is 21.2. The molecular weight excluding hydrogens is 520 g/mol. The van der Waals surface area contributed by atoms with Gasteiger partial charge in [0, 0.05) is 5.69 Å². The Morgan fingerprint density at radius 3 is 1.56 bits per heavy atom. The Labute approximate surface area is 221 Å². The van der Waals surface area contributed by atoms with Crippen molar-refractivity contribution in [2.75, 3.05) is 5.73 Å². The summed E-state index contributed by atoms with van der Waals surface area (Å²) in [5, 5.41) is 0. The summed E-state index contributed by atoms with van der Waals surface area (Å²) in [6.07, 6.45) is -9.42. The lowest BCUT2D eigenvalue weighted by Crippen LogP contribution is -2.40. The fourth-order valence-corrected chi connectivity index (χ4v) is 4.23. The third kappa shape index (κ3) is 5.82. The number of ether oxygens (including phenoxy) is 2. The number of hydrogen-bond acceptors (Lipinski definition) is 3. The minimum Gasteiger partial charge on any atom is -0.457 e. The number of hydrogen-bond donors (Lipinski definition) is 1. The van der Waals surface area contributed by atoms with Crippen molar-refractivity contribution in [3.05, 3.63) is 113 Å². The molecule has 4 aromatic carbocycles. The average Bonchev–Trinajstić information content (AvgIpc) is 2.86. The zero-order valence-electron chi connectivity index (χ0n) is 21.2. The van der Waals surface area contributed by atoms with E-state index in [4.69, 9.17) is 15.2 Å². The van der Waals surface area contributed by atoms with Crippen LogP contribution in [0.1, 0.15) is 34.7 Å². The van der Waals surface area contributed by atoms with Crippen LogP contribution in [-0.2, 0) is 11.6 Å². The zero-order chi connectivity index (χ0) is 28.6. The minimum atomic E-state index is -4.73. The fourth-order valence-electron chi connectivity index (χ4n) is 4.23. The highest BCUT2D eigenvalue weighted by Crippen LogP contribution is 2.47. The predicted molar refractivity (Wildman–Crippen MR) is 137 cm³/mol. The van der Waals surface area contributed by atoms with Gasteiger partial charge < -0.3 is 15.2 Å². The van der Waals surface area contributed by atoms with Gasteiger partial charge in [-0.05, 0) is 86.0 Å². The number of nitrogens with two attached hydrogens (primary N) is 1. The van der Waals surface area contributed by atoms with E-state index >= 15 is 0 Å². The van der Waals surface area contributed by atoms with Crippen LogP contribution in [0.25, 0.3) is 0 Å². The Morgan fingerprint density at radius 2 is 1.10 bits per heavy atom. The highest BCUT2D eigenvalue weighted by atomic mass is 19.4. The summed E-state index contributed by atoms with van der Waals surface area (Å²) in [5.41, 5.74) is 3.67. The van der Waals surface area contributed by atoms with Gasteiger partial charge in [0.05, 0.1) is 0 Å². The van der Waals surface area contributed by atoms with E-state index in [0.717, 1.165) is 30.2 Å². The van der Waals surface area contributed by atoms with Gasteiger partial charge in [-0.3, -0.25) is 0 Å². The lowest BCUT2D eigenvalue weighted by atomic mass is 9.75. The highest BCUT2D eigenvalue weighted by Gasteiger charge is 2.53. The molecule has 0 aromatic heterocycles. The maximum atomic E-state index is 14.5. The van der Waals surface area contributed by atoms with Gasteiger partial charge in [-0.25, -0.2) is 0 Å². The van der Waals surface area contributed by atoms with E-state index < -0.39 is 29.1 Å². The van der Waals surface area contributed by atoms with Gasteiger partial charge >= 0.3 is 12.4 Å². The molecule has 0 radical (unpaired) electrons. The standard InChI is InChI=1S/C30H25F6NO2/c1-18-4-14-26(19(2)16-18)38-23-10-5-20(6-11-23)28(3,30(34,35)36)21-7-12-24(13-8-21)39-27-15-9-22(37)17-25(27)29(31,32)33/h4-17H,37H2,1-3H3. The van der Waals surface area contributed by atoms with Crippen molar-refractivity contribution in [1.82, 2.24) is 0 Å². The van der Waals surface area contributed by atoms with Crippen molar-refractivity contribution in [3.8, 4) is 23.0 Å². The summed E-state index contributed by atoms with van der Waals surface area (Å²) in [7, 11) is 0. The fraction of sp³-hybridized carbons (Fsp3) is 0.200.